The van der Waals surface area contributed by atoms with Gasteiger partial charge in [0.2, 0.25) is 0 Å². The number of methoxy groups -OCH3 is 1. The number of hydrogen-bond donors (Lipinski definition) is 1. The zero-order chi connectivity index (χ0) is 17.0. The fourth-order valence-electron chi connectivity index (χ4n) is 2.51. The molecule has 1 aliphatic carbocycles. The molecule has 0 unspecified atom stereocenters. The van der Waals surface area contributed by atoms with Crippen LogP contribution in [0.1, 0.15) is 36.5 Å². The third kappa shape index (κ3) is 3.33. The number of hydrogen-bond acceptors (Lipinski definition) is 6. The van der Waals surface area contributed by atoms with Crippen molar-refractivity contribution in [3.05, 3.63) is 48.1 Å². The van der Waals surface area contributed by atoms with E-state index < -0.39 is 5.54 Å². The smallest absolute Gasteiger partial charge is 0.250 e. The minimum absolute atomic E-state index is 0.414. The van der Waals surface area contributed by atoms with E-state index in [0.717, 1.165) is 24.8 Å². The third-order valence-corrected chi connectivity index (χ3v) is 4.10. The van der Waals surface area contributed by atoms with E-state index in [-0.39, 0.29) is 0 Å². The van der Waals surface area contributed by atoms with E-state index in [1.807, 2.05) is 24.3 Å². The van der Waals surface area contributed by atoms with Crippen molar-refractivity contribution in [1.29, 1.82) is 0 Å². The lowest BCUT2D eigenvalue weighted by atomic mass is 9.77. The Morgan fingerprint density at radius 1 is 1.33 bits per heavy atom. The van der Waals surface area contributed by atoms with Crippen molar-refractivity contribution in [3.63, 3.8) is 0 Å². The van der Waals surface area contributed by atoms with E-state index in [1.54, 1.807) is 19.3 Å². The lowest BCUT2D eigenvalue weighted by Gasteiger charge is -2.34. The third-order valence-electron chi connectivity index (χ3n) is 4.10. The van der Waals surface area contributed by atoms with Crippen LogP contribution in [-0.2, 0) is 5.54 Å². The molecule has 0 amide bonds. The van der Waals surface area contributed by atoms with E-state index in [9.17, 15) is 0 Å². The van der Waals surface area contributed by atoms with Crippen LogP contribution in [0.3, 0.4) is 0 Å². The zero-order valence-corrected chi connectivity index (χ0v) is 13.7. The fourth-order valence-corrected chi connectivity index (χ4v) is 2.51. The summed E-state index contributed by atoms with van der Waals surface area (Å²) in [5, 5.41) is 3.99. The average molecular weight is 327 g/mol. The Bertz CT molecular complexity index is 748. The first-order chi connectivity index (χ1) is 11.6. The maximum atomic E-state index is 6.19. The highest BCUT2D eigenvalue weighted by atomic mass is 16.5. The Morgan fingerprint density at radius 2 is 2.17 bits per heavy atom. The molecule has 0 atom stereocenters. The van der Waals surface area contributed by atoms with Crippen molar-refractivity contribution in [2.24, 2.45) is 5.73 Å². The summed E-state index contributed by atoms with van der Waals surface area (Å²) in [5.41, 5.74) is 6.71. The highest BCUT2D eigenvalue weighted by molar-refractivity contribution is 5.67. The van der Waals surface area contributed by atoms with Gasteiger partial charge in [-0.25, -0.2) is 0 Å². The van der Waals surface area contributed by atoms with Crippen LogP contribution in [0.25, 0.3) is 12.2 Å². The van der Waals surface area contributed by atoms with Gasteiger partial charge in [0.1, 0.15) is 6.61 Å². The molecule has 1 heterocycles. The van der Waals surface area contributed by atoms with Crippen molar-refractivity contribution in [1.82, 2.24) is 10.1 Å². The van der Waals surface area contributed by atoms with Crippen molar-refractivity contribution < 1.29 is 14.0 Å². The molecule has 3 rings (SSSR count). The molecule has 1 saturated carbocycles. The number of nitrogens with two attached hydrogens (primary N) is 1. The molecule has 2 N–H and O–H groups in total. The minimum Gasteiger partial charge on any atom is -0.493 e. The van der Waals surface area contributed by atoms with Gasteiger partial charge in [-0.05, 0) is 43.0 Å². The molecule has 0 radical (unpaired) electrons. The largest absolute Gasteiger partial charge is 0.493 e. The van der Waals surface area contributed by atoms with Gasteiger partial charge in [-0.15, -0.1) is 0 Å². The highest BCUT2D eigenvalue weighted by Gasteiger charge is 2.38. The number of nitrogens with zero attached hydrogens (tertiary/aromatic N) is 2. The summed E-state index contributed by atoms with van der Waals surface area (Å²) < 4.78 is 16.1. The Hall–Kier alpha value is -2.60. The molecule has 0 saturated heterocycles. The average Bonchev–Trinajstić information content (AvgIpc) is 3.05. The number of rotatable bonds is 7. The predicted molar refractivity (Wildman–Crippen MR) is 91.6 cm³/mol. The lowest BCUT2D eigenvalue weighted by Crippen LogP contribution is -2.44. The maximum absolute atomic E-state index is 6.19. The molecule has 1 aromatic heterocycles. The van der Waals surface area contributed by atoms with Gasteiger partial charge in [0.25, 0.3) is 5.89 Å². The van der Waals surface area contributed by atoms with Gasteiger partial charge in [-0.1, -0.05) is 23.9 Å². The van der Waals surface area contributed by atoms with Crippen LogP contribution in [-0.4, -0.2) is 23.9 Å². The van der Waals surface area contributed by atoms with Crippen LogP contribution in [0.5, 0.6) is 11.5 Å². The molecule has 126 valence electrons. The number of benzene rings is 1. The molecular weight excluding hydrogens is 306 g/mol. The fraction of sp³-hybridized carbons (Fsp3) is 0.333. The van der Waals surface area contributed by atoms with Crippen molar-refractivity contribution in [3.8, 4) is 11.5 Å². The van der Waals surface area contributed by atoms with Crippen LogP contribution in [0.4, 0.5) is 0 Å². The molecule has 6 heteroatoms. The van der Waals surface area contributed by atoms with E-state index in [0.29, 0.717) is 29.8 Å². The van der Waals surface area contributed by atoms with E-state index >= 15 is 0 Å². The molecular formula is C18H21N3O3. The first kappa shape index (κ1) is 16.3. The molecule has 6 nitrogen and oxygen atoms in total. The van der Waals surface area contributed by atoms with Crippen LogP contribution < -0.4 is 15.2 Å². The number of ether oxygens (including phenoxy) is 2. The van der Waals surface area contributed by atoms with Gasteiger partial charge < -0.3 is 19.7 Å². The Balaban J connectivity index is 1.73. The highest BCUT2D eigenvalue weighted by Crippen LogP contribution is 2.37. The van der Waals surface area contributed by atoms with Crippen molar-refractivity contribution >= 4 is 12.2 Å². The van der Waals surface area contributed by atoms with Gasteiger partial charge >= 0.3 is 0 Å². The molecule has 0 bridgehead atoms. The molecule has 2 aromatic rings. The lowest BCUT2D eigenvalue weighted by molar-refractivity contribution is 0.229. The predicted octanol–water partition coefficient (Wildman–Crippen LogP) is 3.15. The molecule has 1 aliphatic rings. The quantitative estimate of drug-likeness (QED) is 0.787. The Labute approximate surface area is 141 Å². The van der Waals surface area contributed by atoms with Crippen LogP contribution in [0.15, 0.2) is 35.4 Å². The number of aromatic nitrogens is 2. The topological polar surface area (TPSA) is 83.4 Å². The first-order valence-corrected chi connectivity index (χ1v) is 7.87. The molecule has 1 fully saturated rings. The summed E-state index contributed by atoms with van der Waals surface area (Å²) in [6, 6.07) is 5.65. The molecule has 0 spiro atoms. The molecule has 1 aromatic carbocycles. The summed E-state index contributed by atoms with van der Waals surface area (Å²) in [7, 11) is 1.60. The maximum Gasteiger partial charge on any atom is 0.250 e. The standard InChI is InChI=1S/C18H21N3O3/c1-3-11-23-14-7-5-13(12-15(14)22-2)6-8-16-20-17(21-24-16)18(19)9-4-10-18/h3,5-8,12H,1,4,9-11,19H2,2H3/b8-6+. The monoisotopic (exact) mass is 327 g/mol. The van der Waals surface area contributed by atoms with Crippen molar-refractivity contribution in [2.45, 2.75) is 24.8 Å². The van der Waals surface area contributed by atoms with E-state index in [4.69, 9.17) is 19.7 Å². The van der Waals surface area contributed by atoms with Crippen LogP contribution >= 0.6 is 0 Å². The summed E-state index contributed by atoms with van der Waals surface area (Å²) in [6.07, 6.45) is 8.24. The van der Waals surface area contributed by atoms with Crippen LogP contribution in [0.2, 0.25) is 0 Å². The zero-order valence-electron chi connectivity index (χ0n) is 13.7. The van der Waals surface area contributed by atoms with Gasteiger partial charge in [0, 0.05) is 6.08 Å². The summed E-state index contributed by atoms with van der Waals surface area (Å²) >= 11 is 0. The first-order valence-electron chi connectivity index (χ1n) is 7.87. The Kier molecular flexibility index (Phi) is 4.66. The Morgan fingerprint density at radius 3 is 2.83 bits per heavy atom. The van der Waals surface area contributed by atoms with Crippen LogP contribution in [0, 0.1) is 0 Å². The van der Waals surface area contributed by atoms with Gasteiger partial charge in [0.05, 0.1) is 12.6 Å². The van der Waals surface area contributed by atoms with E-state index in [2.05, 4.69) is 16.7 Å². The SMILES string of the molecule is C=CCOc1ccc(/C=C/c2nc(C3(N)CCC3)no2)cc1OC. The second-order valence-electron chi connectivity index (χ2n) is 5.81. The summed E-state index contributed by atoms with van der Waals surface area (Å²) in [4.78, 5) is 4.36. The van der Waals surface area contributed by atoms with Gasteiger partial charge in [-0.2, -0.15) is 4.98 Å². The summed E-state index contributed by atoms with van der Waals surface area (Å²) in [5.74, 6) is 2.34. The minimum atomic E-state index is -0.414. The van der Waals surface area contributed by atoms with Crippen molar-refractivity contribution in [2.75, 3.05) is 13.7 Å². The second kappa shape index (κ2) is 6.88. The second-order valence-corrected chi connectivity index (χ2v) is 5.81. The van der Waals surface area contributed by atoms with Gasteiger partial charge in [0.15, 0.2) is 17.3 Å². The molecule has 0 aliphatic heterocycles. The van der Waals surface area contributed by atoms with Gasteiger partial charge in [-0.3, -0.25) is 0 Å². The normalized spacial score (nSPS) is 15.9. The summed E-state index contributed by atoms with van der Waals surface area (Å²) in [6.45, 7) is 4.06. The molecule has 24 heavy (non-hydrogen) atoms. The van der Waals surface area contributed by atoms with E-state index in [1.165, 1.54) is 0 Å².